The lowest BCUT2D eigenvalue weighted by Gasteiger charge is -2.11. The van der Waals surface area contributed by atoms with Crippen LogP contribution in [0.3, 0.4) is 0 Å². The van der Waals surface area contributed by atoms with Crippen molar-refractivity contribution >= 4 is 11.9 Å². The van der Waals surface area contributed by atoms with Crippen molar-refractivity contribution in [3.05, 3.63) is 29.7 Å². The van der Waals surface area contributed by atoms with Gasteiger partial charge in [-0.1, -0.05) is 13.3 Å². The number of carboxylic acids is 1. The molecular formula is C15H19N3O4. The van der Waals surface area contributed by atoms with Crippen LogP contribution in [0.2, 0.25) is 0 Å². The molecule has 0 aliphatic heterocycles. The van der Waals surface area contributed by atoms with E-state index in [1.807, 2.05) is 19.9 Å². The molecule has 0 aliphatic rings. The summed E-state index contributed by atoms with van der Waals surface area (Å²) in [5, 5.41) is 18.3. The highest BCUT2D eigenvalue weighted by atomic mass is 16.4. The minimum absolute atomic E-state index is 0.0874. The summed E-state index contributed by atoms with van der Waals surface area (Å²) in [7, 11) is 0. The Hall–Kier alpha value is -2.57. The number of carbonyl (C=O) groups excluding carboxylic acids is 1. The van der Waals surface area contributed by atoms with Crippen LogP contribution in [-0.4, -0.2) is 33.7 Å². The van der Waals surface area contributed by atoms with E-state index < -0.39 is 17.8 Å². The Labute approximate surface area is 127 Å². The summed E-state index contributed by atoms with van der Waals surface area (Å²) in [6, 6.07) is 5.17. The van der Waals surface area contributed by atoms with Crippen molar-refractivity contribution in [3.8, 4) is 11.5 Å². The molecule has 0 spiro atoms. The molecule has 0 aliphatic carbocycles. The van der Waals surface area contributed by atoms with Gasteiger partial charge in [-0.05, 0) is 25.5 Å². The Morgan fingerprint density at radius 2 is 2.23 bits per heavy atom. The Morgan fingerprint density at radius 1 is 1.45 bits per heavy atom. The van der Waals surface area contributed by atoms with Gasteiger partial charge in [-0.2, -0.15) is 5.10 Å². The van der Waals surface area contributed by atoms with Crippen molar-refractivity contribution in [2.24, 2.45) is 5.92 Å². The summed E-state index contributed by atoms with van der Waals surface area (Å²) in [5.74, 6) is -0.540. The predicted molar refractivity (Wildman–Crippen MR) is 79.4 cm³/mol. The van der Waals surface area contributed by atoms with Gasteiger partial charge in [0.2, 0.25) is 0 Å². The first-order valence-electron chi connectivity index (χ1n) is 7.14. The molecule has 1 amide bonds. The van der Waals surface area contributed by atoms with Crippen LogP contribution in [-0.2, 0) is 4.79 Å². The van der Waals surface area contributed by atoms with Crippen LogP contribution in [0.5, 0.6) is 0 Å². The van der Waals surface area contributed by atoms with E-state index in [1.54, 1.807) is 12.1 Å². The molecule has 1 atom stereocenters. The van der Waals surface area contributed by atoms with Crippen LogP contribution in [0.25, 0.3) is 11.5 Å². The molecular weight excluding hydrogens is 286 g/mol. The molecule has 2 heterocycles. The number of rotatable bonds is 7. The SMILES string of the molecule is CCC[C@H](CNC(=O)c1cc(-c2ccc(C)o2)[nH]n1)C(=O)O. The number of aromatic amines is 1. The molecule has 118 valence electrons. The van der Waals surface area contributed by atoms with Crippen molar-refractivity contribution in [3.63, 3.8) is 0 Å². The van der Waals surface area contributed by atoms with E-state index in [1.165, 1.54) is 0 Å². The standard InChI is InChI=1S/C15H19N3O4/c1-3-4-10(15(20)21)8-16-14(19)12-7-11(17-18-12)13-6-5-9(2)22-13/h5-7,10H,3-4,8H2,1-2H3,(H,16,19)(H,17,18)(H,20,21)/t10-/m1/s1. The molecule has 0 saturated heterocycles. The number of aryl methyl sites for hydroxylation is 1. The van der Waals surface area contributed by atoms with Crippen molar-refractivity contribution < 1.29 is 19.1 Å². The topological polar surface area (TPSA) is 108 Å². The minimum atomic E-state index is -0.907. The Bertz CT molecular complexity index is 659. The van der Waals surface area contributed by atoms with Gasteiger partial charge in [0.05, 0.1) is 5.92 Å². The number of amides is 1. The first-order chi connectivity index (χ1) is 10.5. The number of hydrogen-bond donors (Lipinski definition) is 3. The first kappa shape index (κ1) is 15.8. The maximum atomic E-state index is 12.0. The fourth-order valence-corrected chi connectivity index (χ4v) is 2.11. The zero-order valence-corrected chi connectivity index (χ0v) is 12.5. The zero-order chi connectivity index (χ0) is 16.1. The summed E-state index contributed by atoms with van der Waals surface area (Å²) in [6.07, 6.45) is 1.27. The molecule has 2 rings (SSSR count). The monoisotopic (exact) mass is 305 g/mol. The van der Waals surface area contributed by atoms with Crippen LogP contribution >= 0.6 is 0 Å². The van der Waals surface area contributed by atoms with E-state index in [-0.39, 0.29) is 12.2 Å². The number of aliphatic carboxylic acids is 1. The van der Waals surface area contributed by atoms with Crippen LogP contribution in [0.4, 0.5) is 0 Å². The second-order valence-electron chi connectivity index (χ2n) is 5.11. The molecule has 0 fully saturated rings. The number of nitrogens with one attached hydrogen (secondary N) is 2. The molecule has 7 heteroatoms. The maximum Gasteiger partial charge on any atom is 0.308 e. The highest BCUT2D eigenvalue weighted by Crippen LogP contribution is 2.20. The summed E-state index contributed by atoms with van der Waals surface area (Å²) in [6.45, 7) is 3.82. The largest absolute Gasteiger partial charge is 0.481 e. The van der Waals surface area contributed by atoms with Crippen LogP contribution in [0, 0.1) is 12.8 Å². The van der Waals surface area contributed by atoms with Gasteiger partial charge < -0.3 is 14.8 Å². The highest BCUT2D eigenvalue weighted by molar-refractivity contribution is 5.93. The lowest BCUT2D eigenvalue weighted by molar-refractivity contribution is -0.141. The number of carboxylic acid groups (broad SMARTS) is 1. The highest BCUT2D eigenvalue weighted by Gasteiger charge is 2.19. The molecule has 0 bridgehead atoms. The van der Waals surface area contributed by atoms with Gasteiger partial charge in [-0.15, -0.1) is 0 Å². The average Bonchev–Trinajstić information content (AvgIpc) is 3.11. The third-order valence-electron chi connectivity index (χ3n) is 3.31. The normalized spacial score (nSPS) is 12.1. The van der Waals surface area contributed by atoms with Crippen molar-refractivity contribution in [1.29, 1.82) is 0 Å². The summed E-state index contributed by atoms with van der Waals surface area (Å²) >= 11 is 0. The van der Waals surface area contributed by atoms with Gasteiger partial charge in [0.1, 0.15) is 11.5 Å². The number of nitrogens with zero attached hydrogens (tertiary/aromatic N) is 1. The number of furan rings is 1. The van der Waals surface area contributed by atoms with E-state index in [4.69, 9.17) is 9.52 Å². The molecule has 0 unspecified atom stereocenters. The average molecular weight is 305 g/mol. The van der Waals surface area contributed by atoms with Gasteiger partial charge in [0.25, 0.3) is 5.91 Å². The Kier molecular flexibility index (Phi) is 4.98. The van der Waals surface area contributed by atoms with Crippen molar-refractivity contribution in [1.82, 2.24) is 15.5 Å². The Morgan fingerprint density at radius 3 is 2.82 bits per heavy atom. The summed E-state index contributed by atoms with van der Waals surface area (Å²) < 4.78 is 5.44. The molecule has 3 N–H and O–H groups in total. The Balaban J connectivity index is 1.98. The van der Waals surface area contributed by atoms with E-state index in [2.05, 4.69) is 15.5 Å². The number of aromatic nitrogens is 2. The molecule has 0 aromatic carbocycles. The molecule has 7 nitrogen and oxygen atoms in total. The van der Waals surface area contributed by atoms with Gasteiger partial charge in [0, 0.05) is 12.6 Å². The molecule has 2 aromatic rings. The van der Waals surface area contributed by atoms with Gasteiger partial charge >= 0.3 is 5.97 Å². The molecule has 0 saturated carbocycles. The second-order valence-corrected chi connectivity index (χ2v) is 5.11. The predicted octanol–water partition coefficient (Wildman–Crippen LogP) is 2.21. The minimum Gasteiger partial charge on any atom is -0.481 e. The lowest BCUT2D eigenvalue weighted by Crippen LogP contribution is -2.33. The van der Waals surface area contributed by atoms with E-state index >= 15 is 0 Å². The molecule has 2 aromatic heterocycles. The van der Waals surface area contributed by atoms with E-state index in [9.17, 15) is 9.59 Å². The quantitative estimate of drug-likeness (QED) is 0.726. The van der Waals surface area contributed by atoms with Gasteiger partial charge in [0.15, 0.2) is 11.5 Å². The van der Waals surface area contributed by atoms with Gasteiger partial charge in [-0.3, -0.25) is 14.7 Å². The smallest absolute Gasteiger partial charge is 0.308 e. The first-order valence-corrected chi connectivity index (χ1v) is 7.14. The van der Waals surface area contributed by atoms with Crippen LogP contribution in [0.15, 0.2) is 22.6 Å². The fraction of sp³-hybridized carbons (Fsp3) is 0.400. The zero-order valence-electron chi connectivity index (χ0n) is 12.5. The van der Waals surface area contributed by atoms with E-state index in [0.717, 1.165) is 12.2 Å². The van der Waals surface area contributed by atoms with E-state index in [0.29, 0.717) is 17.9 Å². The molecule has 0 radical (unpaired) electrons. The van der Waals surface area contributed by atoms with Crippen molar-refractivity contribution in [2.45, 2.75) is 26.7 Å². The fourth-order valence-electron chi connectivity index (χ4n) is 2.11. The van der Waals surface area contributed by atoms with Crippen molar-refractivity contribution in [2.75, 3.05) is 6.54 Å². The summed E-state index contributed by atoms with van der Waals surface area (Å²) in [5.41, 5.74) is 0.797. The summed E-state index contributed by atoms with van der Waals surface area (Å²) in [4.78, 5) is 23.1. The number of carbonyl (C=O) groups is 2. The number of hydrogen-bond acceptors (Lipinski definition) is 4. The third kappa shape index (κ3) is 3.75. The second kappa shape index (κ2) is 6.93. The van der Waals surface area contributed by atoms with Gasteiger partial charge in [-0.25, -0.2) is 0 Å². The molecule has 22 heavy (non-hydrogen) atoms. The lowest BCUT2D eigenvalue weighted by atomic mass is 10.0. The van der Waals surface area contributed by atoms with Crippen LogP contribution in [0.1, 0.15) is 36.0 Å². The van der Waals surface area contributed by atoms with Crippen LogP contribution < -0.4 is 5.32 Å². The third-order valence-corrected chi connectivity index (χ3v) is 3.31. The maximum absolute atomic E-state index is 12.0. The number of H-pyrrole nitrogens is 1.